The van der Waals surface area contributed by atoms with Crippen molar-refractivity contribution in [3.8, 4) is 0 Å². The first-order valence-electron chi connectivity index (χ1n) is 8.36. The average Bonchev–Trinajstić information content (AvgIpc) is 3.46. The minimum absolute atomic E-state index is 0.0592. The fraction of sp³-hybridized carbons (Fsp3) is 0.500. The fourth-order valence-electron chi connectivity index (χ4n) is 3.29. The maximum atomic E-state index is 12.9. The first kappa shape index (κ1) is 14.4. The van der Waals surface area contributed by atoms with Crippen LogP contribution in [0.25, 0.3) is 0 Å². The van der Waals surface area contributed by atoms with Gasteiger partial charge in [0.25, 0.3) is 0 Å². The van der Waals surface area contributed by atoms with E-state index >= 15 is 0 Å². The summed E-state index contributed by atoms with van der Waals surface area (Å²) in [5, 5.41) is 3.32. The number of aromatic nitrogens is 3. The van der Waals surface area contributed by atoms with Crippen LogP contribution in [0.5, 0.6) is 0 Å². The Labute approximate surface area is 136 Å². The lowest BCUT2D eigenvalue weighted by molar-refractivity contribution is -0.127. The Bertz CT molecular complexity index is 702. The van der Waals surface area contributed by atoms with Crippen molar-refractivity contribution in [2.24, 2.45) is 11.3 Å². The van der Waals surface area contributed by atoms with Crippen molar-refractivity contribution in [3.05, 3.63) is 48.3 Å². The monoisotopic (exact) mass is 310 g/mol. The molecule has 1 unspecified atom stereocenters. The molecule has 2 aliphatic rings. The van der Waals surface area contributed by atoms with E-state index in [0.717, 1.165) is 30.6 Å². The van der Waals surface area contributed by atoms with Crippen molar-refractivity contribution in [2.45, 2.75) is 45.2 Å². The van der Waals surface area contributed by atoms with Crippen LogP contribution in [0.2, 0.25) is 0 Å². The largest absolute Gasteiger partial charge is 0.347 e. The van der Waals surface area contributed by atoms with Crippen LogP contribution in [0.1, 0.15) is 43.0 Å². The highest BCUT2D eigenvalue weighted by molar-refractivity contribution is 5.85. The summed E-state index contributed by atoms with van der Waals surface area (Å²) in [6.45, 7) is 2.79. The zero-order valence-corrected chi connectivity index (χ0v) is 13.4. The summed E-state index contributed by atoms with van der Waals surface area (Å²) >= 11 is 0. The van der Waals surface area contributed by atoms with Crippen LogP contribution < -0.4 is 5.32 Å². The standard InChI is InChI=1S/C18H22N4O/c1-13-3-2-8-20-15(13)16(14-4-5-14)21-17(23)18(6-7-18)11-22-10-9-19-12-22/h2-3,8-10,12,14,16H,4-7,11H2,1H3,(H,21,23). The summed E-state index contributed by atoms with van der Waals surface area (Å²) in [5.74, 6) is 0.713. The minimum atomic E-state index is -0.253. The highest BCUT2D eigenvalue weighted by atomic mass is 16.2. The number of carbonyl (C=O) groups is 1. The lowest BCUT2D eigenvalue weighted by Crippen LogP contribution is -2.38. The maximum Gasteiger partial charge on any atom is 0.228 e. The number of pyridine rings is 1. The third-order valence-corrected chi connectivity index (χ3v) is 5.10. The summed E-state index contributed by atoms with van der Waals surface area (Å²) in [6.07, 6.45) is 11.6. The summed E-state index contributed by atoms with van der Waals surface area (Å²) in [5.41, 5.74) is 1.93. The number of hydrogen-bond donors (Lipinski definition) is 1. The van der Waals surface area contributed by atoms with E-state index in [1.165, 1.54) is 12.8 Å². The molecule has 0 aromatic carbocycles. The van der Waals surface area contributed by atoms with E-state index in [0.29, 0.717) is 5.92 Å². The smallest absolute Gasteiger partial charge is 0.228 e. The maximum absolute atomic E-state index is 12.9. The number of hydrogen-bond acceptors (Lipinski definition) is 3. The number of carbonyl (C=O) groups excluding carboxylic acids is 1. The van der Waals surface area contributed by atoms with Gasteiger partial charge in [0.1, 0.15) is 0 Å². The van der Waals surface area contributed by atoms with Crippen LogP contribution in [-0.4, -0.2) is 20.4 Å². The molecule has 1 amide bonds. The van der Waals surface area contributed by atoms with Crippen molar-refractivity contribution >= 4 is 5.91 Å². The normalized spacial score (nSPS) is 20.0. The van der Waals surface area contributed by atoms with Crippen LogP contribution in [0, 0.1) is 18.3 Å². The van der Waals surface area contributed by atoms with Gasteiger partial charge in [-0.2, -0.15) is 0 Å². The molecule has 0 saturated heterocycles. The van der Waals surface area contributed by atoms with E-state index in [4.69, 9.17) is 0 Å². The molecular formula is C18H22N4O. The molecule has 1 N–H and O–H groups in total. The molecule has 5 heteroatoms. The van der Waals surface area contributed by atoms with Crippen molar-refractivity contribution in [2.75, 3.05) is 0 Å². The summed E-state index contributed by atoms with van der Waals surface area (Å²) in [7, 11) is 0. The molecule has 0 spiro atoms. The van der Waals surface area contributed by atoms with E-state index in [-0.39, 0.29) is 17.4 Å². The fourth-order valence-corrected chi connectivity index (χ4v) is 3.29. The molecule has 1 atom stereocenters. The Hall–Kier alpha value is -2.17. The Morgan fingerprint density at radius 1 is 1.43 bits per heavy atom. The van der Waals surface area contributed by atoms with Crippen LogP contribution in [0.3, 0.4) is 0 Å². The third-order valence-electron chi connectivity index (χ3n) is 5.10. The molecule has 2 aromatic rings. The van der Waals surface area contributed by atoms with Gasteiger partial charge in [-0.05, 0) is 50.2 Å². The number of rotatable bonds is 6. The number of amides is 1. The molecule has 2 aromatic heterocycles. The van der Waals surface area contributed by atoms with Gasteiger partial charge in [0, 0.05) is 25.1 Å². The lowest BCUT2D eigenvalue weighted by atomic mass is 10.0. The zero-order valence-electron chi connectivity index (χ0n) is 13.4. The second kappa shape index (κ2) is 5.48. The van der Waals surface area contributed by atoms with E-state index in [9.17, 15) is 4.79 Å². The van der Waals surface area contributed by atoms with Gasteiger partial charge in [-0.3, -0.25) is 9.78 Å². The molecule has 2 aliphatic carbocycles. The second-order valence-corrected chi connectivity index (χ2v) is 7.01. The molecule has 23 heavy (non-hydrogen) atoms. The molecule has 2 fully saturated rings. The molecule has 5 nitrogen and oxygen atoms in total. The third kappa shape index (κ3) is 2.87. The summed E-state index contributed by atoms with van der Waals surface area (Å²) < 4.78 is 2.00. The topological polar surface area (TPSA) is 59.8 Å². The van der Waals surface area contributed by atoms with E-state index in [2.05, 4.69) is 28.3 Å². The molecule has 0 aliphatic heterocycles. The van der Waals surface area contributed by atoms with Crippen molar-refractivity contribution in [3.63, 3.8) is 0 Å². The molecule has 2 heterocycles. The van der Waals surface area contributed by atoms with Crippen molar-refractivity contribution < 1.29 is 4.79 Å². The highest BCUT2D eigenvalue weighted by Crippen LogP contribution is 2.49. The Morgan fingerprint density at radius 3 is 2.87 bits per heavy atom. The van der Waals surface area contributed by atoms with E-state index in [1.807, 2.05) is 23.0 Å². The Morgan fingerprint density at radius 2 is 2.26 bits per heavy atom. The number of aryl methyl sites for hydroxylation is 1. The first-order chi connectivity index (χ1) is 11.2. The number of nitrogens with one attached hydrogen (secondary N) is 1. The van der Waals surface area contributed by atoms with Gasteiger partial charge < -0.3 is 9.88 Å². The van der Waals surface area contributed by atoms with Gasteiger partial charge in [0.15, 0.2) is 0 Å². The molecular weight excluding hydrogens is 288 g/mol. The van der Waals surface area contributed by atoms with Gasteiger partial charge in [-0.1, -0.05) is 6.07 Å². The van der Waals surface area contributed by atoms with E-state index in [1.54, 1.807) is 12.5 Å². The van der Waals surface area contributed by atoms with Gasteiger partial charge in [0.05, 0.1) is 23.5 Å². The van der Waals surface area contributed by atoms with Crippen LogP contribution in [0.4, 0.5) is 0 Å². The van der Waals surface area contributed by atoms with Gasteiger partial charge >= 0.3 is 0 Å². The van der Waals surface area contributed by atoms with Crippen molar-refractivity contribution in [1.29, 1.82) is 0 Å². The van der Waals surface area contributed by atoms with Crippen molar-refractivity contribution in [1.82, 2.24) is 19.9 Å². The molecule has 2 saturated carbocycles. The number of imidazole rings is 1. The average molecular weight is 310 g/mol. The summed E-state index contributed by atoms with van der Waals surface area (Å²) in [4.78, 5) is 21.5. The van der Waals surface area contributed by atoms with E-state index < -0.39 is 0 Å². The molecule has 0 bridgehead atoms. The SMILES string of the molecule is Cc1cccnc1C(NC(=O)C1(Cn2ccnc2)CC1)C1CC1. The molecule has 0 radical (unpaired) electrons. The Kier molecular flexibility index (Phi) is 3.43. The van der Waals surface area contributed by atoms with Gasteiger partial charge in [-0.15, -0.1) is 0 Å². The van der Waals surface area contributed by atoms with Gasteiger partial charge in [-0.25, -0.2) is 4.98 Å². The predicted octanol–water partition coefficient (Wildman–Crippen LogP) is 2.63. The highest BCUT2D eigenvalue weighted by Gasteiger charge is 2.51. The minimum Gasteiger partial charge on any atom is -0.347 e. The Balaban J connectivity index is 1.51. The van der Waals surface area contributed by atoms with Gasteiger partial charge in [0.2, 0.25) is 5.91 Å². The van der Waals surface area contributed by atoms with Crippen LogP contribution in [-0.2, 0) is 11.3 Å². The molecule has 4 rings (SSSR count). The first-order valence-corrected chi connectivity index (χ1v) is 8.36. The predicted molar refractivity (Wildman–Crippen MR) is 86.5 cm³/mol. The summed E-state index contributed by atoms with van der Waals surface area (Å²) in [6, 6.07) is 4.08. The quantitative estimate of drug-likeness (QED) is 0.892. The zero-order chi connectivity index (χ0) is 15.9. The number of nitrogens with zero attached hydrogens (tertiary/aromatic N) is 3. The molecule has 120 valence electrons. The second-order valence-electron chi connectivity index (χ2n) is 7.01. The van der Waals surface area contributed by atoms with Crippen LogP contribution in [0.15, 0.2) is 37.1 Å². The lowest BCUT2D eigenvalue weighted by Gasteiger charge is -2.23. The van der Waals surface area contributed by atoms with Crippen LogP contribution >= 0.6 is 0 Å².